The molecule has 12 N–H and O–H groups in total. The van der Waals surface area contributed by atoms with Crippen molar-refractivity contribution in [1.82, 2.24) is 5.32 Å². The van der Waals surface area contributed by atoms with Crippen molar-refractivity contribution >= 4 is 5.91 Å². The van der Waals surface area contributed by atoms with Gasteiger partial charge in [-0.2, -0.15) is 0 Å². The van der Waals surface area contributed by atoms with E-state index < -0.39 is 124 Å². The molecule has 107 heavy (non-hydrogen) atoms. The van der Waals surface area contributed by atoms with E-state index >= 15 is 0 Å². The van der Waals surface area contributed by atoms with Gasteiger partial charge < -0.3 is 89.9 Å². The van der Waals surface area contributed by atoms with E-state index in [0.29, 0.717) is 12.8 Å². The van der Waals surface area contributed by atoms with Gasteiger partial charge in [0, 0.05) is 6.42 Å². The number of nitrogens with one attached hydrogen (secondary N) is 1. The summed E-state index contributed by atoms with van der Waals surface area (Å²) in [4.78, 5) is 13.5. The molecule has 17 unspecified atom stereocenters. The van der Waals surface area contributed by atoms with Crippen LogP contribution in [0.25, 0.3) is 0 Å². The molecule has 3 heterocycles. The molecular formula is C88H171NO18. The Labute approximate surface area is 653 Å². The predicted octanol–water partition coefficient (Wildman–Crippen LogP) is 17.3. The van der Waals surface area contributed by atoms with Crippen LogP contribution in [0.2, 0.25) is 0 Å². The Bertz CT molecular complexity index is 1930. The summed E-state index contributed by atoms with van der Waals surface area (Å²) >= 11 is 0. The first-order valence-corrected chi connectivity index (χ1v) is 45.8. The summed E-state index contributed by atoms with van der Waals surface area (Å²) in [6.45, 7) is 1.89. The summed E-state index contributed by atoms with van der Waals surface area (Å²) in [6, 6.07) is -0.884. The number of hydrogen-bond acceptors (Lipinski definition) is 18. The molecule has 17 atom stereocenters. The van der Waals surface area contributed by atoms with Gasteiger partial charge >= 0.3 is 0 Å². The number of carbonyl (C=O) groups excluding carboxylic acids is 1. The maximum Gasteiger partial charge on any atom is 0.220 e. The fourth-order valence-corrected chi connectivity index (χ4v) is 16.1. The van der Waals surface area contributed by atoms with Crippen molar-refractivity contribution in [2.24, 2.45) is 0 Å². The summed E-state index contributed by atoms with van der Waals surface area (Å²) < 4.78 is 34.6. The fraction of sp³-hybridized carbons (Fsp3) is 0.989. The highest BCUT2D eigenvalue weighted by molar-refractivity contribution is 5.76. The smallest absolute Gasteiger partial charge is 0.220 e. The average Bonchev–Trinajstić information content (AvgIpc) is 0.780. The first-order chi connectivity index (χ1) is 52.3. The number of carbonyl (C=O) groups is 1. The summed E-state index contributed by atoms with van der Waals surface area (Å²) in [6.07, 6.45) is 56.5. The highest BCUT2D eigenvalue weighted by Crippen LogP contribution is 2.34. The normalized spacial score (nSPS) is 25.4. The summed E-state index contributed by atoms with van der Waals surface area (Å²) in [5, 5.41) is 121. The van der Waals surface area contributed by atoms with Crippen LogP contribution in [0.4, 0.5) is 0 Å². The quantitative estimate of drug-likeness (QED) is 0.0252. The number of aliphatic hydroxyl groups excluding tert-OH is 11. The molecule has 0 aromatic heterocycles. The Hall–Kier alpha value is -1.21. The molecule has 0 spiro atoms. The second kappa shape index (κ2) is 69.1. The topological polar surface area (TPSA) is 307 Å². The highest BCUT2D eigenvalue weighted by atomic mass is 16.8. The van der Waals surface area contributed by atoms with E-state index in [4.69, 9.17) is 28.4 Å². The molecule has 1 amide bonds. The number of unbranched alkanes of at least 4 members (excludes halogenated alkanes) is 60. The standard InChI is InChI=1S/C88H171NO18/c1-3-5-7-9-11-13-15-17-19-21-23-25-27-29-31-33-35-37-39-41-43-45-47-49-51-53-55-57-59-61-63-65-72(93)71(89-76(94)66-64-62-60-58-56-54-52-50-48-46-44-42-40-38-36-34-32-30-28-26-24-22-20-18-16-14-12-10-8-6-4-2)70-102-86-82(100)79(97)84(74(68-91)104-86)107-88-83(101)80(98)85(75(69-92)105-88)106-87-81(99)78(96)77(95)73(67-90)103-87/h71-75,77-88,90-93,95-101H,3-70H2,1-2H3,(H,89,94). The van der Waals surface area contributed by atoms with E-state index in [9.17, 15) is 61.0 Å². The lowest BCUT2D eigenvalue weighted by Crippen LogP contribution is -2.66. The molecule has 0 bridgehead atoms. The van der Waals surface area contributed by atoms with Gasteiger partial charge in [0.2, 0.25) is 5.91 Å². The molecule has 3 rings (SSSR count). The van der Waals surface area contributed by atoms with Gasteiger partial charge in [-0.25, -0.2) is 0 Å². The molecular weight excluding hydrogens is 1360 g/mol. The van der Waals surface area contributed by atoms with Gasteiger partial charge in [0.25, 0.3) is 0 Å². The lowest BCUT2D eigenvalue weighted by atomic mass is 9.96. The summed E-state index contributed by atoms with van der Waals surface area (Å²) in [5.74, 6) is -0.231. The minimum absolute atomic E-state index is 0.231. The van der Waals surface area contributed by atoms with Crippen molar-refractivity contribution in [3.8, 4) is 0 Å². The van der Waals surface area contributed by atoms with Crippen LogP contribution in [0, 0.1) is 0 Å². The van der Waals surface area contributed by atoms with E-state index in [1.165, 1.54) is 347 Å². The largest absolute Gasteiger partial charge is 0.394 e. The third-order valence-corrected chi connectivity index (χ3v) is 23.4. The van der Waals surface area contributed by atoms with E-state index in [0.717, 1.165) is 44.9 Å². The number of ether oxygens (including phenoxy) is 6. The number of rotatable bonds is 76. The van der Waals surface area contributed by atoms with Crippen molar-refractivity contribution in [3.63, 3.8) is 0 Å². The van der Waals surface area contributed by atoms with E-state index in [1.54, 1.807) is 0 Å². The van der Waals surface area contributed by atoms with Crippen molar-refractivity contribution in [2.45, 2.75) is 529 Å². The first-order valence-electron chi connectivity index (χ1n) is 45.8. The molecule has 0 aliphatic carbocycles. The number of amides is 1. The van der Waals surface area contributed by atoms with Crippen LogP contribution in [0.15, 0.2) is 0 Å². The maximum atomic E-state index is 13.5. The minimum atomic E-state index is -1.97. The number of aliphatic hydroxyl groups is 11. The van der Waals surface area contributed by atoms with Crippen molar-refractivity contribution < 1.29 is 89.4 Å². The zero-order chi connectivity index (χ0) is 77.4. The molecule has 636 valence electrons. The number of hydrogen-bond donors (Lipinski definition) is 12. The Morgan fingerprint density at radius 1 is 0.299 bits per heavy atom. The van der Waals surface area contributed by atoms with Crippen molar-refractivity contribution in [3.05, 3.63) is 0 Å². The van der Waals surface area contributed by atoms with E-state index in [1.807, 2.05) is 0 Å². The Kier molecular flexibility index (Phi) is 64.6. The van der Waals surface area contributed by atoms with E-state index in [2.05, 4.69) is 19.2 Å². The van der Waals surface area contributed by atoms with Gasteiger partial charge in [0.15, 0.2) is 18.9 Å². The zero-order valence-corrected chi connectivity index (χ0v) is 68.7. The monoisotopic (exact) mass is 1530 g/mol. The summed E-state index contributed by atoms with van der Waals surface area (Å²) in [5.41, 5.74) is 0. The molecule has 0 saturated carbocycles. The van der Waals surface area contributed by atoms with Crippen molar-refractivity contribution in [2.75, 3.05) is 26.4 Å². The fourth-order valence-electron chi connectivity index (χ4n) is 16.1. The van der Waals surface area contributed by atoms with E-state index in [-0.39, 0.29) is 18.9 Å². The van der Waals surface area contributed by atoms with Crippen LogP contribution in [0.1, 0.15) is 425 Å². The third kappa shape index (κ3) is 48.1. The Balaban J connectivity index is 1.31. The molecule has 3 saturated heterocycles. The van der Waals surface area contributed by atoms with Gasteiger partial charge in [-0.15, -0.1) is 0 Å². The molecule has 3 fully saturated rings. The zero-order valence-electron chi connectivity index (χ0n) is 68.7. The lowest BCUT2D eigenvalue weighted by molar-refractivity contribution is -0.379. The van der Waals surface area contributed by atoms with Crippen LogP contribution in [0.3, 0.4) is 0 Å². The minimum Gasteiger partial charge on any atom is -0.394 e. The Morgan fingerprint density at radius 2 is 0.533 bits per heavy atom. The predicted molar refractivity (Wildman–Crippen MR) is 430 cm³/mol. The van der Waals surface area contributed by atoms with Crippen LogP contribution in [-0.2, 0) is 33.2 Å². The van der Waals surface area contributed by atoms with Gasteiger partial charge in [-0.3, -0.25) is 4.79 Å². The average molecular weight is 1530 g/mol. The summed E-state index contributed by atoms with van der Waals surface area (Å²) in [7, 11) is 0. The van der Waals surface area contributed by atoms with Gasteiger partial charge in [-0.05, 0) is 12.8 Å². The highest BCUT2D eigenvalue weighted by Gasteiger charge is 2.54. The van der Waals surface area contributed by atoms with Crippen LogP contribution < -0.4 is 5.32 Å². The van der Waals surface area contributed by atoms with Crippen LogP contribution in [-0.4, -0.2) is 193 Å². The molecule has 0 aromatic rings. The second-order valence-electron chi connectivity index (χ2n) is 33.1. The van der Waals surface area contributed by atoms with Gasteiger partial charge in [0.05, 0.1) is 38.6 Å². The Morgan fingerprint density at radius 3 is 0.813 bits per heavy atom. The molecule has 0 aromatic carbocycles. The van der Waals surface area contributed by atoms with Gasteiger partial charge in [0.1, 0.15) is 73.2 Å². The molecule has 3 aliphatic rings. The molecule has 19 nitrogen and oxygen atoms in total. The van der Waals surface area contributed by atoms with Crippen LogP contribution in [0.5, 0.6) is 0 Å². The third-order valence-electron chi connectivity index (χ3n) is 23.4. The molecule has 19 heteroatoms. The molecule has 0 radical (unpaired) electrons. The lowest BCUT2D eigenvalue weighted by Gasteiger charge is -2.48. The first kappa shape index (κ1) is 100.0. The SMILES string of the molecule is CCCCCCCCCCCCCCCCCCCCCCCCCCCCCCCCCC(=O)NC(COC1OC(CO)C(OC2OC(CO)C(OC3OC(CO)C(O)C(O)C3O)C(O)C2O)C(O)C1O)C(O)CCCCCCCCCCCCCCCCCCCCCCCCCCCCCCCCC. The second-order valence-corrected chi connectivity index (χ2v) is 33.1. The van der Waals surface area contributed by atoms with Crippen molar-refractivity contribution in [1.29, 1.82) is 0 Å². The maximum absolute atomic E-state index is 13.5. The molecule has 3 aliphatic heterocycles. The van der Waals surface area contributed by atoms with Crippen LogP contribution >= 0.6 is 0 Å². The van der Waals surface area contributed by atoms with Gasteiger partial charge in [-0.1, -0.05) is 406 Å².